The van der Waals surface area contributed by atoms with E-state index in [1.165, 1.54) is 12.1 Å². The SMILES string of the molecule is O=C(CC1CCCC(F)(F)C1)c1cc(NC(=O)C2C(c3cc(Cl)cc(Cl)c3)C2(Cl)Cl)ccc1Cl. The largest absolute Gasteiger partial charge is 0.326 e. The monoisotopic (exact) mass is 567 g/mol. The number of Topliss-reactive ketones (excluding diaryl/α,β-unsaturated/α-hetero) is 1. The molecule has 1 N–H and O–H groups in total. The standard InChI is InChI=1S/C24H20Cl5F2NO2/c25-14-7-13(8-15(26)9-14)20-21(24(20,28)29)22(34)32-16-3-4-18(27)17(10-16)19(33)6-12-2-1-5-23(30,31)11-12/h3-4,7-10,12,20-21H,1-2,5-6,11H2,(H,32,34). The van der Waals surface area contributed by atoms with Crippen molar-refractivity contribution in [3.05, 3.63) is 62.6 Å². The summed E-state index contributed by atoms with van der Waals surface area (Å²) < 4.78 is 26.1. The van der Waals surface area contributed by atoms with Crippen molar-refractivity contribution in [2.45, 2.75) is 48.3 Å². The van der Waals surface area contributed by atoms with Gasteiger partial charge in [0, 0.05) is 46.5 Å². The van der Waals surface area contributed by atoms with Crippen LogP contribution in [0.25, 0.3) is 0 Å². The highest BCUT2D eigenvalue weighted by Crippen LogP contribution is 2.65. The number of carbonyl (C=O) groups is 2. The minimum atomic E-state index is -2.74. The fraction of sp³-hybridized carbons (Fsp3) is 0.417. The lowest BCUT2D eigenvalue weighted by molar-refractivity contribution is -0.117. The molecule has 2 aromatic rings. The molecule has 2 aliphatic carbocycles. The summed E-state index contributed by atoms with van der Waals surface area (Å²) in [7, 11) is 0. The fourth-order valence-electron chi connectivity index (χ4n) is 4.68. The minimum Gasteiger partial charge on any atom is -0.326 e. The number of halogens is 7. The van der Waals surface area contributed by atoms with E-state index in [0.29, 0.717) is 34.1 Å². The predicted molar refractivity (Wildman–Crippen MR) is 133 cm³/mol. The normalized spacial score (nSPS) is 25.0. The molecule has 2 aromatic carbocycles. The van der Waals surface area contributed by atoms with Crippen LogP contribution < -0.4 is 5.32 Å². The number of carbonyl (C=O) groups excluding carboxylic acids is 2. The molecular weight excluding hydrogens is 550 g/mol. The van der Waals surface area contributed by atoms with Gasteiger partial charge in [0.05, 0.1) is 10.9 Å². The van der Waals surface area contributed by atoms with Gasteiger partial charge < -0.3 is 5.32 Å². The summed E-state index contributed by atoms with van der Waals surface area (Å²) in [6.45, 7) is 0. The van der Waals surface area contributed by atoms with E-state index in [1.807, 2.05) is 0 Å². The van der Waals surface area contributed by atoms with Crippen molar-refractivity contribution >= 4 is 75.4 Å². The molecule has 0 radical (unpaired) electrons. The first kappa shape index (κ1) is 26.0. The molecule has 4 rings (SSSR count). The number of benzene rings is 2. The van der Waals surface area contributed by atoms with Gasteiger partial charge in [-0.2, -0.15) is 0 Å². The fourth-order valence-corrected chi connectivity index (χ4v) is 6.28. The van der Waals surface area contributed by atoms with Crippen LogP contribution in [0.15, 0.2) is 36.4 Å². The van der Waals surface area contributed by atoms with Crippen molar-refractivity contribution in [3.8, 4) is 0 Å². The number of hydrogen-bond donors (Lipinski definition) is 1. The molecule has 2 saturated carbocycles. The van der Waals surface area contributed by atoms with Gasteiger partial charge in [0.1, 0.15) is 4.33 Å². The Labute approximate surface area is 221 Å². The Morgan fingerprint density at radius 2 is 1.71 bits per heavy atom. The van der Waals surface area contributed by atoms with E-state index in [4.69, 9.17) is 58.0 Å². The second-order valence-corrected chi connectivity index (χ2v) is 11.7. The van der Waals surface area contributed by atoms with Crippen LogP contribution in [0.3, 0.4) is 0 Å². The molecule has 1 amide bonds. The Morgan fingerprint density at radius 1 is 1.03 bits per heavy atom. The Kier molecular flexibility index (Phi) is 7.44. The van der Waals surface area contributed by atoms with Crippen LogP contribution in [0, 0.1) is 11.8 Å². The van der Waals surface area contributed by atoms with Crippen LogP contribution in [-0.2, 0) is 4.79 Å². The number of ketones is 1. The lowest BCUT2D eigenvalue weighted by Crippen LogP contribution is -2.27. The molecule has 3 atom stereocenters. The van der Waals surface area contributed by atoms with E-state index in [1.54, 1.807) is 24.3 Å². The van der Waals surface area contributed by atoms with Gasteiger partial charge in [0.25, 0.3) is 0 Å². The molecule has 0 bridgehead atoms. The highest BCUT2D eigenvalue weighted by Gasteiger charge is 2.67. The zero-order chi connectivity index (χ0) is 24.8. The Morgan fingerprint density at radius 3 is 2.35 bits per heavy atom. The first-order valence-electron chi connectivity index (χ1n) is 10.7. The zero-order valence-electron chi connectivity index (χ0n) is 17.7. The van der Waals surface area contributed by atoms with Crippen LogP contribution in [-0.4, -0.2) is 21.9 Å². The summed E-state index contributed by atoms with van der Waals surface area (Å²) in [6, 6.07) is 9.34. The molecule has 0 saturated heterocycles. The van der Waals surface area contributed by atoms with E-state index in [0.717, 1.165) is 0 Å². The Balaban J connectivity index is 1.47. The molecule has 10 heteroatoms. The summed E-state index contributed by atoms with van der Waals surface area (Å²) in [5.41, 5.74) is 1.13. The highest BCUT2D eigenvalue weighted by atomic mass is 35.5. The lowest BCUT2D eigenvalue weighted by atomic mass is 9.82. The summed E-state index contributed by atoms with van der Waals surface area (Å²) in [4.78, 5) is 25.8. The third-order valence-electron chi connectivity index (χ3n) is 6.33. The Bertz CT molecular complexity index is 1120. The molecule has 0 aromatic heterocycles. The van der Waals surface area contributed by atoms with Crippen molar-refractivity contribution in [1.82, 2.24) is 0 Å². The number of rotatable bonds is 6. The molecule has 34 heavy (non-hydrogen) atoms. The average Bonchev–Trinajstić information content (AvgIpc) is 3.30. The van der Waals surface area contributed by atoms with E-state index >= 15 is 0 Å². The van der Waals surface area contributed by atoms with Gasteiger partial charge in [-0.3, -0.25) is 9.59 Å². The zero-order valence-corrected chi connectivity index (χ0v) is 21.5. The molecular formula is C24H20Cl5F2NO2. The van der Waals surface area contributed by atoms with Crippen molar-refractivity contribution in [2.24, 2.45) is 11.8 Å². The lowest BCUT2D eigenvalue weighted by Gasteiger charge is -2.28. The molecule has 182 valence electrons. The smallest absolute Gasteiger partial charge is 0.248 e. The van der Waals surface area contributed by atoms with Crippen LogP contribution in [0.2, 0.25) is 15.1 Å². The number of hydrogen-bond acceptors (Lipinski definition) is 2. The maximum absolute atomic E-state index is 13.7. The number of alkyl halides is 4. The average molecular weight is 570 g/mol. The van der Waals surface area contributed by atoms with Crippen molar-refractivity contribution < 1.29 is 18.4 Å². The maximum atomic E-state index is 13.7. The molecule has 2 aliphatic rings. The molecule has 2 fully saturated rings. The topological polar surface area (TPSA) is 46.2 Å². The van der Waals surface area contributed by atoms with Gasteiger partial charge in [-0.1, -0.05) is 34.8 Å². The van der Waals surface area contributed by atoms with E-state index in [9.17, 15) is 18.4 Å². The van der Waals surface area contributed by atoms with Gasteiger partial charge in [0.2, 0.25) is 11.8 Å². The molecule has 3 unspecified atom stereocenters. The molecule has 3 nitrogen and oxygen atoms in total. The van der Waals surface area contributed by atoms with Gasteiger partial charge >= 0.3 is 0 Å². The van der Waals surface area contributed by atoms with Gasteiger partial charge in [-0.05, 0) is 60.7 Å². The van der Waals surface area contributed by atoms with Crippen molar-refractivity contribution in [3.63, 3.8) is 0 Å². The third-order valence-corrected chi connectivity index (χ3v) is 8.04. The summed E-state index contributed by atoms with van der Waals surface area (Å²) >= 11 is 31.1. The van der Waals surface area contributed by atoms with Crippen molar-refractivity contribution in [2.75, 3.05) is 5.32 Å². The predicted octanol–water partition coefficient (Wildman–Crippen LogP) is 8.57. The minimum absolute atomic E-state index is 0.0284. The van der Waals surface area contributed by atoms with Crippen molar-refractivity contribution in [1.29, 1.82) is 0 Å². The second-order valence-electron chi connectivity index (χ2n) is 8.96. The second kappa shape index (κ2) is 9.74. The first-order chi connectivity index (χ1) is 15.9. The summed E-state index contributed by atoms with van der Waals surface area (Å²) in [6.07, 6.45) is 0.468. The highest BCUT2D eigenvalue weighted by molar-refractivity contribution is 6.53. The molecule has 0 heterocycles. The number of nitrogens with one attached hydrogen (secondary N) is 1. The number of anilines is 1. The Hall–Kier alpha value is -1.11. The number of amides is 1. The summed E-state index contributed by atoms with van der Waals surface area (Å²) in [5.74, 6) is -5.23. The maximum Gasteiger partial charge on any atom is 0.248 e. The van der Waals surface area contributed by atoms with Crippen LogP contribution in [0.4, 0.5) is 14.5 Å². The summed E-state index contributed by atoms with van der Waals surface area (Å²) in [5, 5.41) is 3.71. The molecule has 0 aliphatic heterocycles. The van der Waals surface area contributed by atoms with Crippen LogP contribution in [0.1, 0.15) is 53.9 Å². The van der Waals surface area contributed by atoms with Gasteiger partial charge in [0.15, 0.2) is 5.78 Å². The van der Waals surface area contributed by atoms with Gasteiger partial charge in [-0.15, -0.1) is 23.2 Å². The van der Waals surface area contributed by atoms with E-state index in [2.05, 4.69) is 5.32 Å². The quantitative estimate of drug-likeness (QED) is 0.280. The van der Waals surface area contributed by atoms with Gasteiger partial charge in [-0.25, -0.2) is 8.78 Å². The third kappa shape index (κ3) is 5.65. The first-order valence-corrected chi connectivity index (χ1v) is 12.6. The van der Waals surface area contributed by atoms with Crippen LogP contribution in [0.5, 0.6) is 0 Å². The molecule has 0 spiro atoms. The van der Waals surface area contributed by atoms with E-state index in [-0.39, 0.29) is 35.6 Å². The van der Waals surface area contributed by atoms with Crippen LogP contribution >= 0.6 is 58.0 Å². The van der Waals surface area contributed by atoms with E-state index < -0.39 is 33.9 Å².